The fourth-order valence-corrected chi connectivity index (χ4v) is 2.98. The van der Waals surface area contributed by atoms with E-state index in [2.05, 4.69) is 10.6 Å². The molecule has 0 saturated carbocycles. The van der Waals surface area contributed by atoms with E-state index in [0.717, 1.165) is 5.69 Å². The number of piperidine rings is 1. The van der Waals surface area contributed by atoms with Crippen molar-refractivity contribution in [3.05, 3.63) is 72.1 Å². The monoisotopic (exact) mass is 367 g/mol. The van der Waals surface area contributed by atoms with Crippen molar-refractivity contribution in [3.8, 4) is 0 Å². The zero-order valence-electron chi connectivity index (χ0n) is 14.9. The Morgan fingerprint density at radius 3 is 2.48 bits per heavy atom. The van der Waals surface area contributed by atoms with E-state index in [1.54, 1.807) is 23.1 Å². The van der Waals surface area contributed by atoms with Gasteiger partial charge in [0.2, 0.25) is 5.91 Å². The van der Waals surface area contributed by atoms with E-state index in [0.29, 0.717) is 31.5 Å². The maximum Gasteiger partial charge on any atom is 0.321 e. The minimum Gasteiger partial charge on any atom is -0.350 e. The standard InChI is InChI=1S/C21H22FN3O2/c22-17-6-4-5-16(15-17)9-10-20(26)23-19-11-13-25(14-12-19)21(27)24-18-7-2-1-3-8-18/h1-10,15,19H,11-14H2,(H,23,26)(H,24,27). The van der Waals surface area contributed by atoms with Gasteiger partial charge in [0, 0.05) is 30.9 Å². The van der Waals surface area contributed by atoms with Crippen molar-refractivity contribution < 1.29 is 14.0 Å². The number of halogens is 1. The van der Waals surface area contributed by atoms with Gasteiger partial charge < -0.3 is 15.5 Å². The molecule has 0 spiro atoms. The highest BCUT2D eigenvalue weighted by Gasteiger charge is 2.23. The number of nitrogens with one attached hydrogen (secondary N) is 2. The van der Waals surface area contributed by atoms with Gasteiger partial charge in [0.25, 0.3) is 0 Å². The SMILES string of the molecule is O=C(C=Cc1cccc(F)c1)NC1CCN(C(=O)Nc2ccccc2)CC1. The Morgan fingerprint density at radius 1 is 1.04 bits per heavy atom. The van der Waals surface area contributed by atoms with Gasteiger partial charge >= 0.3 is 6.03 Å². The lowest BCUT2D eigenvalue weighted by molar-refractivity contribution is -0.117. The second-order valence-corrected chi connectivity index (χ2v) is 6.45. The van der Waals surface area contributed by atoms with Crippen LogP contribution in [0.5, 0.6) is 0 Å². The van der Waals surface area contributed by atoms with Crippen LogP contribution in [0.3, 0.4) is 0 Å². The minimum atomic E-state index is -0.335. The smallest absolute Gasteiger partial charge is 0.321 e. The van der Waals surface area contributed by atoms with E-state index in [-0.39, 0.29) is 23.8 Å². The Kier molecular flexibility index (Phi) is 6.20. The number of hydrogen-bond donors (Lipinski definition) is 2. The molecule has 140 valence electrons. The Hall–Kier alpha value is -3.15. The molecule has 5 nitrogen and oxygen atoms in total. The van der Waals surface area contributed by atoms with Crippen LogP contribution in [-0.2, 0) is 4.79 Å². The molecule has 1 saturated heterocycles. The number of benzene rings is 2. The number of amides is 3. The molecular weight excluding hydrogens is 345 g/mol. The molecular formula is C21H22FN3O2. The maximum absolute atomic E-state index is 13.1. The summed E-state index contributed by atoms with van der Waals surface area (Å²) in [5.74, 6) is -0.551. The van der Waals surface area contributed by atoms with Crippen LogP contribution in [0.4, 0.5) is 14.9 Å². The number of rotatable bonds is 4. The summed E-state index contributed by atoms with van der Waals surface area (Å²) in [4.78, 5) is 26.1. The normalized spacial score (nSPS) is 14.9. The molecule has 6 heteroatoms. The van der Waals surface area contributed by atoms with Crippen LogP contribution in [0.2, 0.25) is 0 Å². The first-order valence-electron chi connectivity index (χ1n) is 8.95. The summed E-state index contributed by atoms with van der Waals surface area (Å²) in [6.45, 7) is 1.16. The molecule has 0 bridgehead atoms. The fourth-order valence-electron chi connectivity index (χ4n) is 2.98. The van der Waals surface area contributed by atoms with E-state index in [4.69, 9.17) is 0 Å². The van der Waals surface area contributed by atoms with Crippen LogP contribution < -0.4 is 10.6 Å². The average Bonchev–Trinajstić information content (AvgIpc) is 2.68. The van der Waals surface area contributed by atoms with Crippen molar-refractivity contribution in [2.24, 2.45) is 0 Å². The van der Waals surface area contributed by atoms with Gasteiger partial charge in [-0.2, -0.15) is 0 Å². The highest BCUT2D eigenvalue weighted by molar-refractivity contribution is 5.92. The van der Waals surface area contributed by atoms with Crippen LogP contribution in [0, 0.1) is 5.82 Å². The first-order valence-corrected chi connectivity index (χ1v) is 8.95. The van der Waals surface area contributed by atoms with E-state index >= 15 is 0 Å². The van der Waals surface area contributed by atoms with Gasteiger partial charge in [-0.05, 0) is 48.7 Å². The number of carbonyl (C=O) groups excluding carboxylic acids is 2. The number of anilines is 1. The van der Waals surface area contributed by atoms with Crippen molar-refractivity contribution in [2.45, 2.75) is 18.9 Å². The summed E-state index contributed by atoms with van der Waals surface area (Å²) in [5.41, 5.74) is 1.40. The third-order valence-corrected chi connectivity index (χ3v) is 4.43. The molecule has 1 fully saturated rings. The second-order valence-electron chi connectivity index (χ2n) is 6.45. The second kappa shape index (κ2) is 8.98. The summed E-state index contributed by atoms with van der Waals surface area (Å²) in [6.07, 6.45) is 4.38. The molecule has 2 aromatic rings. The minimum absolute atomic E-state index is 0.0236. The number of urea groups is 1. The van der Waals surface area contributed by atoms with Gasteiger partial charge in [-0.1, -0.05) is 30.3 Å². The van der Waals surface area contributed by atoms with Crippen LogP contribution in [0.25, 0.3) is 6.08 Å². The predicted octanol–water partition coefficient (Wildman–Crippen LogP) is 3.65. The first kappa shape index (κ1) is 18.6. The van der Waals surface area contributed by atoms with E-state index < -0.39 is 0 Å². The lowest BCUT2D eigenvalue weighted by Crippen LogP contribution is -2.47. The summed E-state index contributed by atoms with van der Waals surface area (Å²) >= 11 is 0. The summed E-state index contributed by atoms with van der Waals surface area (Å²) < 4.78 is 13.1. The fraction of sp³-hybridized carbons (Fsp3) is 0.238. The molecule has 0 radical (unpaired) electrons. The van der Waals surface area contributed by atoms with Crippen molar-refractivity contribution in [1.82, 2.24) is 10.2 Å². The Morgan fingerprint density at radius 2 is 1.78 bits per heavy atom. The van der Waals surface area contributed by atoms with Crippen molar-refractivity contribution in [1.29, 1.82) is 0 Å². The summed E-state index contributed by atoms with van der Waals surface area (Å²) in [5, 5.41) is 5.80. The lowest BCUT2D eigenvalue weighted by atomic mass is 10.1. The Bertz CT molecular complexity index is 815. The van der Waals surface area contributed by atoms with Crippen LogP contribution in [0.1, 0.15) is 18.4 Å². The molecule has 0 aliphatic carbocycles. The molecule has 27 heavy (non-hydrogen) atoms. The molecule has 0 atom stereocenters. The molecule has 2 N–H and O–H groups in total. The molecule has 2 aromatic carbocycles. The van der Waals surface area contributed by atoms with Gasteiger partial charge in [0.05, 0.1) is 0 Å². The topological polar surface area (TPSA) is 61.4 Å². The van der Waals surface area contributed by atoms with Crippen LogP contribution >= 0.6 is 0 Å². The zero-order valence-corrected chi connectivity index (χ0v) is 14.9. The zero-order chi connectivity index (χ0) is 19.1. The van der Waals surface area contributed by atoms with Gasteiger partial charge in [-0.3, -0.25) is 4.79 Å². The highest BCUT2D eigenvalue weighted by atomic mass is 19.1. The van der Waals surface area contributed by atoms with Crippen LogP contribution in [0.15, 0.2) is 60.7 Å². The average molecular weight is 367 g/mol. The van der Waals surface area contributed by atoms with Crippen molar-refractivity contribution >= 4 is 23.7 Å². The molecule has 1 aliphatic rings. The lowest BCUT2D eigenvalue weighted by Gasteiger charge is -2.32. The van der Waals surface area contributed by atoms with Gasteiger partial charge in [-0.25, -0.2) is 9.18 Å². The Labute approximate surface area is 157 Å². The highest BCUT2D eigenvalue weighted by Crippen LogP contribution is 2.13. The number of likely N-dealkylation sites (tertiary alicyclic amines) is 1. The van der Waals surface area contributed by atoms with Crippen LogP contribution in [-0.4, -0.2) is 36.0 Å². The van der Waals surface area contributed by atoms with Gasteiger partial charge in [0.1, 0.15) is 5.82 Å². The largest absolute Gasteiger partial charge is 0.350 e. The molecule has 3 rings (SSSR count). The van der Waals surface area contributed by atoms with E-state index in [1.165, 1.54) is 18.2 Å². The quantitative estimate of drug-likeness (QED) is 0.811. The third-order valence-electron chi connectivity index (χ3n) is 4.43. The van der Waals surface area contributed by atoms with Crippen molar-refractivity contribution in [3.63, 3.8) is 0 Å². The molecule has 1 heterocycles. The van der Waals surface area contributed by atoms with E-state index in [9.17, 15) is 14.0 Å². The molecule has 0 aromatic heterocycles. The van der Waals surface area contributed by atoms with Gasteiger partial charge in [0.15, 0.2) is 0 Å². The van der Waals surface area contributed by atoms with Crippen molar-refractivity contribution in [2.75, 3.05) is 18.4 Å². The third kappa shape index (κ3) is 5.67. The molecule has 0 unspecified atom stereocenters. The predicted molar refractivity (Wildman–Crippen MR) is 104 cm³/mol. The Balaban J connectivity index is 1.43. The maximum atomic E-state index is 13.1. The van der Waals surface area contributed by atoms with Gasteiger partial charge in [-0.15, -0.1) is 0 Å². The molecule has 3 amide bonds. The number of hydrogen-bond acceptors (Lipinski definition) is 2. The summed E-state index contributed by atoms with van der Waals surface area (Å²) in [6, 6.07) is 15.3. The first-order chi connectivity index (χ1) is 13.1. The van der Waals surface area contributed by atoms with E-state index in [1.807, 2.05) is 30.3 Å². The number of carbonyl (C=O) groups is 2. The number of para-hydroxylation sites is 1. The summed E-state index contributed by atoms with van der Waals surface area (Å²) in [7, 11) is 0. The number of nitrogens with zero attached hydrogens (tertiary/aromatic N) is 1. The molecule has 1 aliphatic heterocycles.